The third-order valence-corrected chi connectivity index (χ3v) is 2.72. The molecule has 14 heavy (non-hydrogen) atoms. The van der Waals surface area contributed by atoms with Gasteiger partial charge in [-0.05, 0) is 18.9 Å². The van der Waals surface area contributed by atoms with Gasteiger partial charge in [-0.1, -0.05) is 6.08 Å². The van der Waals surface area contributed by atoms with Crippen LogP contribution in [0.4, 0.5) is 0 Å². The molecule has 0 amide bonds. The Hall–Kier alpha value is -1.31. The van der Waals surface area contributed by atoms with Gasteiger partial charge in [-0.3, -0.25) is 0 Å². The third kappa shape index (κ3) is 1.41. The Morgan fingerprint density at radius 3 is 2.71 bits per heavy atom. The maximum atomic E-state index is 8.99. The fourth-order valence-electron chi connectivity index (χ4n) is 1.61. The SMILES string of the molecule is N#CC1(C2=CC(C(O)O)=CCN2)CC1. The van der Waals surface area contributed by atoms with Crippen LogP contribution in [0.15, 0.2) is 23.4 Å². The zero-order valence-corrected chi connectivity index (χ0v) is 7.70. The van der Waals surface area contributed by atoms with E-state index in [0.29, 0.717) is 12.1 Å². The number of nitrogens with zero attached hydrogens (tertiary/aromatic N) is 1. The van der Waals surface area contributed by atoms with E-state index in [4.69, 9.17) is 15.5 Å². The van der Waals surface area contributed by atoms with Gasteiger partial charge in [0.25, 0.3) is 0 Å². The van der Waals surface area contributed by atoms with Crippen molar-refractivity contribution in [1.29, 1.82) is 5.26 Å². The fraction of sp³-hybridized carbons (Fsp3) is 0.500. The van der Waals surface area contributed by atoms with E-state index in [1.807, 2.05) is 0 Å². The summed E-state index contributed by atoms with van der Waals surface area (Å²) in [5, 5.41) is 30.0. The summed E-state index contributed by atoms with van der Waals surface area (Å²) in [5.41, 5.74) is 0.917. The van der Waals surface area contributed by atoms with E-state index in [0.717, 1.165) is 18.5 Å². The zero-order valence-electron chi connectivity index (χ0n) is 7.70. The minimum Gasteiger partial charge on any atom is -0.384 e. The van der Waals surface area contributed by atoms with Crippen molar-refractivity contribution in [2.75, 3.05) is 6.54 Å². The van der Waals surface area contributed by atoms with Gasteiger partial charge in [0.2, 0.25) is 0 Å². The number of aliphatic hydroxyl groups is 2. The van der Waals surface area contributed by atoms with E-state index < -0.39 is 6.29 Å². The highest BCUT2D eigenvalue weighted by Crippen LogP contribution is 2.50. The molecule has 0 radical (unpaired) electrons. The molecule has 0 spiro atoms. The molecular weight excluding hydrogens is 180 g/mol. The van der Waals surface area contributed by atoms with Crippen molar-refractivity contribution in [3.05, 3.63) is 23.4 Å². The van der Waals surface area contributed by atoms with Gasteiger partial charge >= 0.3 is 0 Å². The van der Waals surface area contributed by atoms with Crippen molar-refractivity contribution in [3.63, 3.8) is 0 Å². The van der Waals surface area contributed by atoms with Crippen molar-refractivity contribution in [1.82, 2.24) is 5.32 Å². The van der Waals surface area contributed by atoms with Crippen LogP contribution in [0.1, 0.15) is 12.8 Å². The van der Waals surface area contributed by atoms with Crippen LogP contribution < -0.4 is 5.32 Å². The second kappa shape index (κ2) is 3.12. The van der Waals surface area contributed by atoms with Crippen LogP contribution in [0.3, 0.4) is 0 Å². The monoisotopic (exact) mass is 192 g/mol. The Bertz CT molecular complexity index is 346. The van der Waals surface area contributed by atoms with E-state index >= 15 is 0 Å². The number of rotatable bonds is 2. The summed E-state index contributed by atoms with van der Waals surface area (Å²) in [4.78, 5) is 0. The fourth-order valence-corrected chi connectivity index (χ4v) is 1.61. The Labute approximate surface area is 82.2 Å². The first-order valence-electron chi connectivity index (χ1n) is 4.61. The molecule has 1 aliphatic carbocycles. The van der Waals surface area contributed by atoms with Crippen molar-refractivity contribution >= 4 is 0 Å². The van der Waals surface area contributed by atoms with Gasteiger partial charge in [0, 0.05) is 17.8 Å². The van der Waals surface area contributed by atoms with Crippen LogP contribution in [0, 0.1) is 16.7 Å². The molecule has 0 aromatic heterocycles. The van der Waals surface area contributed by atoms with Crippen LogP contribution in [-0.4, -0.2) is 23.0 Å². The van der Waals surface area contributed by atoms with E-state index in [-0.39, 0.29) is 5.41 Å². The minimum atomic E-state index is -1.44. The summed E-state index contributed by atoms with van der Waals surface area (Å²) >= 11 is 0. The Morgan fingerprint density at radius 1 is 1.50 bits per heavy atom. The molecule has 1 aliphatic heterocycles. The van der Waals surface area contributed by atoms with E-state index in [2.05, 4.69) is 11.4 Å². The highest BCUT2D eigenvalue weighted by Gasteiger charge is 2.47. The maximum Gasteiger partial charge on any atom is 0.178 e. The molecule has 0 saturated heterocycles. The molecule has 1 heterocycles. The van der Waals surface area contributed by atoms with Crippen molar-refractivity contribution < 1.29 is 10.2 Å². The Balaban J connectivity index is 2.23. The third-order valence-electron chi connectivity index (χ3n) is 2.72. The van der Waals surface area contributed by atoms with Gasteiger partial charge in [-0.25, -0.2) is 0 Å². The first kappa shape index (κ1) is 9.25. The summed E-state index contributed by atoms with van der Waals surface area (Å²) in [7, 11) is 0. The molecule has 1 saturated carbocycles. The Morgan fingerprint density at radius 2 is 2.21 bits per heavy atom. The Kier molecular flexibility index (Phi) is 2.06. The largest absolute Gasteiger partial charge is 0.384 e. The topological polar surface area (TPSA) is 76.3 Å². The lowest BCUT2D eigenvalue weighted by atomic mass is 9.99. The standard InChI is InChI=1S/C10H12N2O2/c11-6-10(2-3-10)8-5-7(9(13)14)1-4-12-8/h1,5,9,12-14H,2-4H2. The first-order chi connectivity index (χ1) is 6.68. The van der Waals surface area contributed by atoms with Crippen LogP contribution in [0.25, 0.3) is 0 Å². The molecule has 2 aliphatic rings. The number of allylic oxidation sites excluding steroid dienone is 1. The van der Waals surface area contributed by atoms with Gasteiger partial charge < -0.3 is 15.5 Å². The number of nitrogens with one attached hydrogen (secondary N) is 1. The van der Waals surface area contributed by atoms with E-state index in [1.165, 1.54) is 0 Å². The number of hydrogen-bond acceptors (Lipinski definition) is 4. The highest BCUT2D eigenvalue weighted by molar-refractivity contribution is 5.39. The molecule has 0 atom stereocenters. The normalized spacial score (nSPS) is 23.3. The minimum absolute atomic E-state index is 0.381. The molecule has 74 valence electrons. The van der Waals surface area contributed by atoms with Crippen molar-refractivity contribution in [2.24, 2.45) is 5.41 Å². The molecule has 4 heteroatoms. The number of nitriles is 1. The number of aliphatic hydroxyl groups excluding tert-OH is 1. The molecule has 2 rings (SSSR count). The number of hydrogen-bond donors (Lipinski definition) is 3. The van der Waals surface area contributed by atoms with Crippen LogP contribution in [0.2, 0.25) is 0 Å². The van der Waals surface area contributed by atoms with Crippen LogP contribution >= 0.6 is 0 Å². The lowest BCUT2D eigenvalue weighted by Gasteiger charge is -2.20. The van der Waals surface area contributed by atoms with Crippen molar-refractivity contribution in [2.45, 2.75) is 19.1 Å². The molecule has 0 unspecified atom stereocenters. The summed E-state index contributed by atoms with van der Waals surface area (Å²) in [6, 6.07) is 2.26. The lowest BCUT2D eigenvalue weighted by molar-refractivity contribution is -0.00538. The predicted octanol–water partition coefficient (Wildman–Crippen LogP) is 0.0144. The molecule has 0 bridgehead atoms. The highest BCUT2D eigenvalue weighted by atomic mass is 16.5. The average Bonchev–Trinajstić information content (AvgIpc) is 2.98. The number of dihydropyridines is 1. The predicted molar refractivity (Wildman–Crippen MR) is 49.7 cm³/mol. The van der Waals surface area contributed by atoms with Gasteiger partial charge in [0.05, 0.1) is 11.5 Å². The smallest absolute Gasteiger partial charge is 0.178 e. The molecule has 3 N–H and O–H groups in total. The second-order valence-corrected chi connectivity index (χ2v) is 3.71. The lowest BCUT2D eigenvalue weighted by Crippen LogP contribution is -2.26. The molecule has 0 aromatic rings. The average molecular weight is 192 g/mol. The molecule has 1 fully saturated rings. The van der Waals surface area contributed by atoms with E-state index in [1.54, 1.807) is 12.2 Å². The summed E-state index contributed by atoms with van der Waals surface area (Å²) in [6.07, 6.45) is 3.65. The van der Waals surface area contributed by atoms with Crippen LogP contribution in [0.5, 0.6) is 0 Å². The van der Waals surface area contributed by atoms with Gasteiger partial charge in [-0.15, -0.1) is 0 Å². The van der Waals surface area contributed by atoms with Gasteiger partial charge in [-0.2, -0.15) is 5.26 Å². The van der Waals surface area contributed by atoms with Gasteiger partial charge in [0.1, 0.15) is 0 Å². The summed E-state index contributed by atoms with van der Waals surface area (Å²) < 4.78 is 0. The van der Waals surface area contributed by atoms with Gasteiger partial charge in [0.15, 0.2) is 6.29 Å². The van der Waals surface area contributed by atoms with Crippen molar-refractivity contribution in [3.8, 4) is 6.07 Å². The summed E-state index contributed by atoms with van der Waals surface area (Å²) in [5.74, 6) is 0. The van der Waals surface area contributed by atoms with E-state index in [9.17, 15) is 0 Å². The molecular formula is C10H12N2O2. The summed E-state index contributed by atoms with van der Waals surface area (Å²) in [6.45, 7) is 0.558. The zero-order chi connectivity index (χ0) is 10.2. The van der Waals surface area contributed by atoms with Crippen LogP contribution in [-0.2, 0) is 0 Å². The molecule has 0 aromatic carbocycles. The first-order valence-corrected chi connectivity index (χ1v) is 4.61. The quantitative estimate of drug-likeness (QED) is 0.539. The maximum absolute atomic E-state index is 8.99. The molecule has 4 nitrogen and oxygen atoms in total. The second-order valence-electron chi connectivity index (χ2n) is 3.71.